The van der Waals surface area contributed by atoms with E-state index in [1.54, 1.807) is 0 Å². The summed E-state index contributed by atoms with van der Waals surface area (Å²) in [5, 5.41) is 0. The summed E-state index contributed by atoms with van der Waals surface area (Å²) in [4.78, 5) is 10.8. The van der Waals surface area contributed by atoms with Gasteiger partial charge in [0.1, 0.15) is 0 Å². The standard InChI is InChI=1S/C12H19NO/c1-3-5-9-13-11(6-4-2)7-8-12(13)10-14/h7-8,10H,3-6,9H2,1-2H3. The third kappa shape index (κ3) is 2.47. The zero-order valence-electron chi connectivity index (χ0n) is 9.12. The molecule has 14 heavy (non-hydrogen) atoms. The molecule has 1 rings (SSSR count). The van der Waals surface area contributed by atoms with Crippen LogP contribution in [0.15, 0.2) is 12.1 Å². The highest BCUT2D eigenvalue weighted by Gasteiger charge is 2.05. The monoisotopic (exact) mass is 193 g/mol. The summed E-state index contributed by atoms with van der Waals surface area (Å²) in [6.45, 7) is 5.31. The fourth-order valence-corrected chi connectivity index (χ4v) is 1.69. The molecular formula is C12H19NO. The maximum absolute atomic E-state index is 10.8. The number of unbranched alkanes of at least 4 members (excludes halogenated alkanes) is 1. The quantitative estimate of drug-likeness (QED) is 0.636. The van der Waals surface area contributed by atoms with Gasteiger partial charge in [0.05, 0.1) is 5.69 Å². The normalized spacial score (nSPS) is 10.4. The average Bonchev–Trinajstić information content (AvgIpc) is 2.58. The van der Waals surface area contributed by atoms with E-state index in [2.05, 4.69) is 24.5 Å². The lowest BCUT2D eigenvalue weighted by atomic mass is 10.2. The number of rotatable bonds is 6. The van der Waals surface area contributed by atoms with Crippen molar-refractivity contribution in [3.63, 3.8) is 0 Å². The van der Waals surface area contributed by atoms with Gasteiger partial charge in [-0.3, -0.25) is 4.79 Å². The Morgan fingerprint density at radius 3 is 2.64 bits per heavy atom. The molecule has 0 aliphatic rings. The van der Waals surface area contributed by atoms with Crippen molar-refractivity contribution in [2.75, 3.05) is 0 Å². The summed E-state index contributed by atoms with van der Waals surface area (Å²) in [6.07, 6.45) is 5.47. The second-order valence-corrected chi connectivity index (χ2v) is 3.62. The van der Waals surface area contributed by atoms with Gasteiger partial charge in [0, 0.05) is 12.2 Å². The Hall–Kier alpha value is -1.05. The van der Waals surface area contributed by atoms with Crippen LogP contribution in [0.5, 0.6) is 0 Å². The smallest absolute Gasteiger partial charge is 0.166 e. The van der Waals surface area contributed by atoms with E-state index in [1.165, 1.54) is 12.1 Å². The van der Waals surface area contributed by atoms with E-state index in [0.717, 1.165) is 37.8 Å². The van der Waals surface area contributed by atoms with Crippen molar-refractivity contribution in [2.24, 2.45) is 0 Å². The highest BCUT2D eigenvalue weighted by molar-refractivity contribution is 5.72. The predicted molar refractivity (Wildman–Crippen MR) is 58.7 cm³/mol. The fourth-order valence-electron chi connectivity index (χ4n) is 1.69. The van der Waals surface area contributed by atoms with Gasteiger partial charge in [-0.2, -0.15) is 0 Å². The zero-order chi connectivity index (χ0) is 10.4. The minimum absolute atomic E-state index is 0.821. The molecule has 0 bridgehead atoms. The van der Waals surface area contributed by atoms with Crippen molar-refractivity contribution in [1.29, 1.82) is 0 Å². The molecule has 0 fully saturated rings. The summed E-state index contributed by atoms with van der Waals surface area (Å²) in [5.41, 5.74) is 2.12. The maximum atomic E-state index is 10.8. The van der Waals surface area contributed by atoms with E-state index < -0.39 is 0 Å². The highest BCUT2D eigenvalue weighted by atomic mass is 16.1. The molecule has 0 aliphatic heterocycles. The van der Waals surface area contributed by atoms with Gasteiger partial charge in [-0.25, -0.2) is 0 Å². The van der Waals surface area contributed by atoms with Gasteiger partial charge < -0.3 is 4.57 Å². The van der Waals surface area contributed by atoms with E-state index >= 15 is 0 Å². The minimum Gasteiger partial charge on any atom is -0.342 e. The van der Waals surface area contributed by atoms with Gasteiger partial charge in [-0.1, -0.05) is 26.7 Å². The van der Waals surface area contributed by atoms with Crippen LogP contribution in [0.3, 0.4) is 0 Å². The van der Waals surface area contributed by atoms with E-state index in [-0.39, 0.29) is 0 Å². The van der Waals surface area contributed by atoms with Gasteiger partial charge in [0.25, 0.3) is 0 Å². The lowest BCUT2D eigenvalue weighted by Gasteiger charge is -2.09. The zero-order valence-corrected chi connectivity index (χ0v) is 9.12. The fraction of sp³-hybridized carbons (Fsp3) is 0.583. The van der Waals surface area contributed by atoms with Crippen LogP contribution >= 0.6 is 0 Å². The van der Waals surface area contributed by atoms with Crippen LogP contribution in [0.2, 0.25) is 0 Å². The topological polar surface area (TPSA) is 22.0 Å². The highest BCUT2D eigenvalue weighted by Crippen LogP contribution is 2.11. The Morgan fingerprint density at radius 1 is 1.29 bits per heavy atom. The van der Waals surface area contributed by atoms with Crippen molar-refractivity contribution < 1.29 is 4.79 Å². The molecule has 0 amide bonds. The molecule has 0 radical (unpaired) electrons. The second kappa shape index (κ2) is 5.63. The van der Waals surface area contributed by atoms with Crippen LogP contribution in [-0.4, -0.2) is 10.9 Å². The first kappa shape index (κ1) is 11.0. The van der Waals surface area contributed by atoms with Crippen LogP contribution in [0.1, 0.15) is 49.3 Å². The third-order valence-corrected chi connectivity index (χ3v) is 2.47. The van der Waals surface area contributed by atoms with Crippen molar-refractivity contribution in [3.05, 3.63) is 23.5 Å². The first-order chi connectivity index (χ1) is 6.83. The van der Waals surface area contributed by atoms with Crippen LogP contribution in [0.25, 0.3) is 0 Å². The molecule has 0 saturated carbocycles. The Morgan fingerprint density at radius 2 is 2.07 bits per heavy atom. The molecular weight excluding hydrogens is 174 g/mol. The first-order valence-electron chi connectivity index (χ1n) is 5.47. The second-order valence-electron chi connectivity index (χ2n) is 3.62. The Labute approximate surface area is 85.9 Å². The van der Waals surface area contributed by atoms with Gasteiger partial charge in [-0.15, -0.1) is 0 Å². The van der Waals surface area contributed by atoms with Crippen LogP contribution in [0.4, 0.5) is 0 Å². The van der Waals surface area contributed by atoms with Gasteiger partial charge >= 0.3 is 0 Å². The Balaban J connectivity index is 2.81. The average molecular weight is 193 g/mol. The van der Waals surface area contributed by atoms with Gasteiger partial charge in [0.15, 0.2) is 6.29 Å². The number of aromatic nitrogens is 1. The molecule has 1 heterocycles. The summed E-state index contributed by atoms with van der Waals surface area (Å²) in [6, 6.07) is 4.00. The van der Waals surface area contributed by atoms with Gasteiger partial charge in [-0.05, 0) is 25.0 Å². The number of aryl methyl sites for hydroxylation is 1. The molecule has 0 spiro atoms. The Kier molecular flexibility index (Phi) is 4.44. The minimum atomic E-state index is 0.821. The van der Waals surface area contributed by atoms with E-state index in [0.29, 0.717) is 0 Å². The SMILES string of the molecule is CCCCn1c(C=O)ccc1CCC. The summed E-state index contributed by atoms with van der Waals surface area (Å²) in [7, 11) is 0. The Bertz CT molecular complexity index is 289. The van der Waals surface area contributed by atoms with Crippen LogP contribution in [0, 0.1) is 0 Å². The molecule has 0 unspecified atom stereocenters. The molecule has 1 aromatic heterocycles. The molecule has 1 aromatic rings. The van der Waals surface area contributed by atoms with Crippen molar-refractivity contribution in [1.82, 2.24) is 4.57 Å². The van der Waals surface area contributed by atoms with Crippen LogP contribution < -0.4 is 0 Å². The molecule has 78 valence electrons. The summed E-state index contributed by atoms with van der Waals surface area (Å²) >= 11 is 0. The maximum Gasteiger partial charge on any atom is 0.166 e. The number of hydrogen-bond donors (Lipinski definition) is 0. The number of carbonyl (C=O) groups is 1. The van der Waals surface area contributed by atoms with E-state index in [9.17, 15) is 4.79 Å². The molecule has 0 atom stereocenters. The van der Waals surface area contributed by atoms with Crippen molar-refractivity contribution >= 4 is 6.29 Å². The summed E-state index contributed by atoms with van der Waals surface area (Å²) in [5.74, 6) is 0. The number of aldehydes is 1. The molecule has 0 aliphatic carbocycles. The predicted octanol–water partition coefficient (Wildman–Crippen LogP) is 3.05. The van der Waals surface area contributed by atoms with E-state index in [1.807, 2.05) is 6.07 Å². The molecule has 0 N–H and O–H groups in total. The molecule has 2 heteroatoms. The number of carbonyl (C=O) groups excluding carboxylic acids is 1. The number of hydrogen-bond acceptors (Lipinski definition) is 1. The molecule has 0 saturated heterocycles. The molecule has 2 nitrogen and oxygen atoms in total. The number of nitrogens with zero attached hydrogens (tertiary/aromatic N) is 1. The molecule has 0 aromatic carbocycles. The van der Waals surface area contributed by atoms with Crippen molar-refractivity contribution in [3.8, 4) is 0 Å². The van der Waals surface area contributed by atoms with E-state index in [4.69, 9.17) is 0 Å². The summed E-state index contributed by atoms with van der Waals surface area (Å²) < 4.78 is 2.15. The van der Waals surface area contributed by atoms with Crippen LogP contribution in [-0.2, 0) is 13.0 Å². The van der Waals surface area contributed by atoms with Gasteiger partial charge in [0.2, 0.25) is 0 Å². The third-order valence-electron chi connectivity index (χ3n) is 2.47. The lowest BCUT2D eigenvalue weighted by Crippen LogP contribution is -2.06. The largest absolute Gasteiger partial charge is 0.342 e. The lowest BCUT2D eigenvalue weighted by molar-refractivity contribution is 0.111. The van der Waals surface area contributed by atoms with Crippen molar-refractivity contribution in [2.45, 2.75) is 46.1 Å². The first-order valence-corrected chi connectivity index (χ1v) is 5.47.